The highest BCUT2D eigenvalue weighted by molar-refractivity contribution is 7.08. The van der Waals surface area contributed by atoms with Gasteiger partial charge in [0.25, 0.3) is 34.4 Å². The number of piperazine rings is 3. The Morgan fingerprint density at radius 2 is 1.04 bits per heavy atom. The molecule has 8 heterocycles. The number of carbonyl (C=O) groups excluding carboxylic acids is 3. The summed E-state index contributed by atoms with van der Waals surface area (Å²) in [7, 11) is 7.19. The molecule has 0 unspecified atom stereocenters. The summed E-state index contributed by atoms with van der Waals surface area (Å²) in [4.78, 5) is 91.3. The van der Waals surface area contributed by atoms with Gasteiger partial charge in [0.2, 0.25) is 0 Å². The first-order valence-corrected chi connectivity index (χ1v) is 32.7. The molecule has 96 heavy (non-hydrogen) atoms. The first kappa shape index (κ1) is 66.5. The molecule has 0 atom stereocenters. The summed E-state index contributed by atoms with van der Waals surface area (Å²) in [5.41, 5.74) is 7.28. The van der Waals surface area contributed by atoms with Crippen LogP contribution in [0.5, 0.6) is 5.75 Å². The maximum Gasteiger partial charge on any atom is 0.289 e. The van der Waals surface area contributed by atoms with Crippen LogP contribution in [0.2, 0.25) is 5.02 Å². The second kappa shape index (κ2) is 29.5. The molecular weight excluding hydrogens is 1250 g/mol. The standard InChI is InChI=1S/C25H26ClN5O2.C24H20N4O3S.C24H24N4O3/c1-28(2)11-16-31-22-6-4-3-5-20(22)23(21(17-27)25(31)33)29-12-14-30(15-13-29)24(32)18-7-9-19(26)10-8-18;25-14-19-22(26-8-10-27(11-9-26)24(30)21-6-3-12-31-21)18-4-1-2-5-20(18)28(23(19)29)15-17-7-13-32-16-17;1-16-4-9-21-19(14-16)22(20(15-25)24(30)26(21)2)27-10-12-28(13-11-27)23(29)17-5-7-18(31-3)8-6-17/h3-10H,11-16H2,1-2H3;1-7,12-13,16H,8-11,15H2;4-9,14H,10-13H2,1-3H3. The molecule has 0 radical (unpaired) electrons. The molecule has 21 nitrogen and oxygen atoms in total. The molecule has 0 N–H and O–H groups in total. The minimum Gasteiger partial charge on any atom is -0.497 e. The Morgan fingerprint density at radius 1 is 0.562 bits per heavy atom. The number of fused-ring (bicyclic) bond motifs is 3. The zero-order valence-corrected chi connectivity index (χ0v) is 55.5. The van der Waals surface area contributed by atoms with Gasteiger partial charge in [0, 0.05) is 131 Å². The number of ether oxygens (including phenoxy) is 1. The van der Waals surface area contributed by atoms with Crippen molar-refractivity contribution >= 4 is 90.4 Å². The fourth-order valence-corrected chi connectivity index (χ4v) is 13.4. The van der Waals surface area contributed by atoms with E-state index < -0.39 is 0 Å². The van der Waals surface area contributed by atoms with Crippen LogP contribution in [0.4, 0.5) is 17.1 Å². The number of benzene rings is 5. The van der Waals surface area contributed by atoms with Crippen LogP contribution in [0, 0.1) is 40.9 Å². The van der Waals surface area contributed by atoms with Gasteiger partial charge in [-0.05, 0) is 128 Å². The molecule has 3 amide bonds. The largest absolute Gasteiger partial charge is 0.497 e. The van der Waals surface area contributed by atoms with Crippen LogP contribution in [0.25, 0.3) is 32.7 Å². The third-order valence-electron chi connectivity index (χ3n) is 17.7. The van der Waals surface area contributed by atoms with Crippen molar-refractivity contribution < 1.29 is 23.5 Å². The monoisotopic (exact) mass is 1320 g/mol. The van der Waals surface area contributed by atoms with Crippen molar-refractivity contribution in [2.75, 3.05) is 121 Å². The molecule has 3 saturated heterocycles. The van der Waals surface area contributed by atoms with Crippen molar-refractivity contribution in [3.63, 3.8) is 0 Å². The molecule has 5 aromatic heterocycles. The van der Waals surface area contributed by atoms with Gasteiger partial charge in [-0.3, -0.25) is 28.8 Å². The minimum absolute atomic E-state index is 0.0347. The van der Waals surface area contributed by atoms with Crippen LogP contribution in [-0.2, 0) is 20.1 Å². The highest BCUT2D eigenvalue weighted by atomic mass is 35.5. The SMILES string of the molecule is CN(C)CCn1c(=O)c(C#N)c(N2CCN(C(=O)c3ccc(Cl)cc3)CC2)c2ccccc21.COc1ccc(C(=O)N2CCN(c3c(C#N)c(=O)n(C)c4ccc(C)cc34)CC2)cc1.N#Cc1c(N2CCN(C(=O)c3ccco3)CC2)c2ccccc2n(Cc2ccsc2)c1=O. The number of furan rings is 1. The van der Waals surface area contributed by atoms with Gasteiger partial charge in [-0.2, -0.15) is 27.1 Å². The number of nitriles is 3. The van der Waals surface area contributed by atoms with E-state index in [4.69, 9.17) is 20.8 Å². The van der Waals surface area contributed by atoms with E-state index in [0.717, 1.165) is 43.8 Å². The Kier molecular flexibility index (Phi) is 20.5. The van der Waals surface area contributed by atoms with Gasteiger partial charge in [-0.15, -0.1) is 0 Å². The molecule has 488 valence electrons. The van der Waals surface area contributed by atoms with Crippen LogP contribution < -0.4 is 36.1 Å². The fourth-order valence-electron chi connectivity index (χ4n) is 12.6. The molecule has 13 rings (SSSR count). The Labute approximate surface area is 563 Å². The van der Waals surface area contributed by atoms with Gasteiger partial charge in [0.1, 0.15) is 40.6 Å². The molecular formula is C73H70ClN13O8S. The van der Waals surface area contributed by atoms with Crippen LogP contribution >= 0.6 is 22.9 Å². The summed E-state index contributed by atoms with van der Waals surface area (Å²) >= 11 is 7.52. The predicted molar refractivity (Wildman–Crippen MR) is 374 cm³/mol. The third kappa shape index (κ3) is 13.8. The number of halogens is 1. The van der Waals surface area contributed by atoms with E-state index in [2.05, 4.69) is 28.0 Å². The lowest BCUT2D eigenvalue weighted by atomic mass is 10.0. The lowest BCUT2D eigenvalue weighted by Gasteiger charge is -2.37. The summed E-state index contributed by atoms with van der Waals surface area (Å²) in [6.07, 6.45) is 1.49. The highest BCUT2D eigenvalue weighted by Gasteiger charge is 2.31. The van der Waals surface area contributed by atoms with E-state index in [1.54, 1.807) is 110 Å². The second-order valence-electron chi connectivity index (χ2n) is 23.8. The Hall–Kier alpha value is -11.0. The van der Waals surface area contributed by atoms with Crippen molar-refractivity contribution in [3.05, 3.63) is 231 Å². The molecule has 10 aromatic rings. The van der Waals surface area contributed by atoms with E-state index in [0.29, 0.717) is 143 Å². The number of hydrogen-bond acceptors (Lipinski definition) is 16. The third-order valence-corrected chi connectivity index (χ3v) is 18.6. The molecule has 0 bridgehead atoms. The molecule has 0 saturated carbocycles. The average molecular weight is 1320 g/mol. The number of thiophene rings is 1. The Morgan fingerprint density at radius 3 is 1.52 bits per heavy atom. The zero-order valence-electron chi connectivity index (χ0n) is 53.9. The zero-order chi connectivity index (χ0) is 67.7. The van der Waals surface area contributed by atoms with Crippen LogP contribution in [0.15, 0.2) is 169 Å². The van der Waals surface area contributed by atoms with E-state index in [9.17, 15) is 44.6 Å². The smallest absolute Gasteiger partial charge is 0.289 e. The summed E-state index contributed by atoms with van der Waals surface area (Å²) in [6, 6.07) is 47.0. The average Bonchev–Trinajstić information content (AvgIpc) is 0.933. The quantitative estimate of drug-likeness (QED) is 0.111. The lowest BCUT2D eigenvalue weighted by Crippen LogP contribution is -2.49. The molecule has 0 aliphatic carbocycles. The van der Waals surface area contributed by atoms with Gasteiger partial charge in [0.05, 0.1) is 53.5 Å². The normalized spacial score (nSPS) is 14.0. The summed E-state index contributed by atoms with van der Waals surface area (Å²) in [5.74, 6) is 0.797. The molecule has 0 spiro atoms. The number of hydrogen-bond donors (Lipinski definition) is 0. The lowest BCUT2D eigenvalue weighted by molar-refractivity contribution is 0.0712. The van der Waals surface area contributed by atoms with Gasteiger partial charge < -0.3 is 57.2 Å². The molecule has 3 aliphatic rings. The number of aromatic nitrogens is 3. The Balaban J connectivity index is 0.000000146. The van der Waals surface area contributed by atoms with E-state index in [-0.39, 0.29) is 51.1 Å². The number of rotatable bonds is 12. The van der Waals surface area contributed by atoms with Crippen LogP contribution in [0.1, 0.15) is 59.1 Å². The van der Waals surface area contributed by atoms with Gasteiger partial charge in [-0.1, -0.05) is 59.6 Å². The number of pyridine rings is 3. The second-order valence-corrected chi connectivity index (χ2v) is 25.0. The maximum atomic E-state index is 13.4. The topological polar surface area (TPSA) is 234 Å². The summed E-state index contributed by atoms with van der Waals surface area (Å²) in [6.45, 7) is 9.84. The first-order chi connectivity index (χ1) is 46.5. The number of methoxy groups -OCH3 is 1. The summed E-state index contributed by atoms with van der Waals surface area (Å²) in [5, 5.41) is 36.8. The van der Waals surface area contributed by atoms with Crippen molar-refractivity contribution in [1.29, 1.82) is 15.8 Å². The Bertz CT molecular complexity index is 4850. The summed E-state index contributed by atoms with van der Waals surface area (Å²) < 4.78 is 15.3. The van der Waals surface area contributed by atoms with E-state index in [1.807, 2.05) is 114 Å². The van der Waals surface area contributed by atoms with Crippen LogP contribution in [0.3, 0.4) is 0 Å². The molecule has 5 aromatic carbocycles. The number of amides is 3. The number of para-hydroxylation sites is 2. The van der Waals surface area contributed by atoms with Gasteiger partial charge in [-0.25, -0.2) is 0 Å². The number of nitrogens with zero attached hydrogens (tertiary/aromatic N) is 13. The van der Waals surface area contributed by atoms with E-state index >= 15 is 0 Å². The first-order valence-electron chi connectivity index (χ1n) is 31.4. The minimum atomic E-state index is -0.300. The van der Waals surface area contributed by atoms with Gasteiger partial charge in [0.15, 0.2) is 5.76 Å². The fraction of sp³-hybridized carbons (Fsp3) is 0.274. The number of likely N-dealkylation sites (N-methyl/N-ethyl adjacent to an activating group) is 1. The van der Waals surface area contributed by atoms with E-state index in [1.165, 1.54) is 10.8 Å². The number of anilines is 3. The van der Waals surface area contributed by atoms with Crippen LogP contribution in [-0.4, -0.2) is 157 Å². The van der Waals surface area contributed by atoms with Crippen molar-refractivity contribution in [2.45, 2.75) is 20.0 Å². The molecule has 23 heteroatoms. The van der Waals surface area contributed by atoms with Crippen molar-refractivity contribution in [2.24, 2.45) is 7.05 Å². The van der Waals surface area contributed by atoms with Gasteiger partial charge >= 0.3 is 0 Å². The maximum absolute atomic E-state index is 13.4. The van der Waals surface area contributed by atoms with Crippen molar-refractivity contribution in [1.82, 2.24) is 33.3 Å². The highest BCUT2D eigenvalue weighted by Crippen LogP contribution is 2.34. The number of carbonyl (C=O) groups is 3. The predicted octanol–water partition coefficient (Wildman–Crippen LogP) is 9.28. The molecule has 3 aliphatic heterocycles. The molecule has 3 fully saturated rings. The number of aryl methyl sites for hydroxylation is 2. The van der Waals surface area contributed by atoms with Crippen molar-refractivity contribution in [3.8, 4) is 24.0 Å².